The first kappa shape index (κ1) is 22.3. The average molecular weight is 435 g/mol. The number of ether oxygens (including phenoxy) is 1. The number of aliphatic hydroxyl groups is 2. The zero-order valence-electron chi connectivity index (χ0n) is 18.5. The Balaban J connectivity index is 1.76. The molecule has 4 aliphatic carbocycles. The fraction of sp³-hybridized carbons (Fsp3) is 0.708. The molecule has 4 rings (SSSR count). The van der Waals surface area contributed by atoms with Gasteiger partial charge in [-0.25, -0.2) is 4.39 Å². The fourth-order valence-electron chi connectivity index (χ4n) is 7.42. The fourth-order valence-corrected chi connectivity index (χ4v) is 7.42. The van der Waals surface area contributed by atoms with Crippen LogP contribution in [0.5, 0.6) is 0 Å². The van der Waals surface area contributed by atoms with Gasteiger partial charge < -0.3 is 14.9 Å². The van der Waals surface area contributed by atoms with Crippen molar-refractivity contribution in [1.82, 2.24) is 0 Å². The first-order valence-electron chi connectivity index (χ1n) is 11.0. The van der Waals surface area contributed by atoms with Gasteiger partial charge in [0.25, 0.3) is 0 Å². The first-order chi connectivity index (χ1) is 14.3. The second-order valence-corrected chi connectivity index (χ2v) is 10.4. The standard InChI is InChI=1S/C24H31FO6/c1-13-9-18-17-6-5-15-10-16(27)7-8-21(15,3)23(17,25)19(28)11-22(18,4)24(13,30)20(29)12-31-14(2)26/h7-8,10,13,17-19,28,30H,5-6,9,11-12H2,1-4H3/t13-,17+,18-,19-,21+,22+,23+,24+/m1/s1. The van der Waals surface area contributed by atoms with E-state index in [4.69, 9.17) is 4.74 Å². The number of alkyl halides is 1. The van der Waals surface area contributed by atoms with E-state index in [2.05, 4.69) is 0 Å². The Hall–Kier alpha value is -1.86. The lowest BCUT2D eigenvalue weighted by Gasteiger charge is -2.62. The summed E-state index contributed by atoms with van der Waals surface area (Å²) in [5, 5.41) is 22.9. The Morgan fingerprint density at radius 2 is 1.97 bits per heavy atom. The summed E-state index contributed by atoms with van der Waals surface area (Å²) in [6, 6.07) is 0. The second-order valence-electron chi connectivity index (χ2n) is 10.4. The van der Waals surface area contributed by atoms with Gasteiger partial charge in [-0.15, -0.1) is 0 Å². The maximum atomic E-state index is 17.0. The minimum Gasteiger partial charge on any atom is -0.458 e. The van der Waals surface area contributed by atoms with Gasteiger partial charge >= 0.3 is 5.97 Å². The van der Waals surface area contributed by atoms with Crippen molar-refractivity contribution in [3.63, 3.8) is 0 Å². The highest BCUT2D eigenvalue weighted by atomic mass is 19.1. The number of rotatable bonds is 3. The van der Waals surface area contributed by atoms with Crippen LogP contribution in [0.2, 0.25) is 0 Å². The number of carbonyl (C=O) groups is 3. The van der Waals surface area contributed by atoms with Gasteiger partial charge in [0.15, 0.2) is 18.1 Å². The predicted molar refractivity (Wildman–Crippen MR) is 109 cm³/mol. The summed E-state index contributed by atoms with van der Waals surface area (Å²) >= 11 is 0. The van der Waals surface area contributed by atoms with Crippen LogP contribution >= 0.6 is 0 Å². The van der Waals surface area contributed by atoms with E-state index in [1.165, 1.54) is 19.1 Å². The highest BCUT2D eigenvalue weighted by molar-refractivity contribution is 6.01. The molecule has 4 aliphatic rings. The van der Waals surface area contributed by atoms with E-state index >= 15 is 4.39 Å². The summed E-state index contributed by atoms with van der Waals surface area (Å²) in [5.74, 6) is -2.80. The van der Waals surface area contributed by atoms with E-state index in [0.717, 1.165) is 0 Å². The molecular formula is C24H31FO6. The minimum atomic E-state index is -2.01. The summed E-state index contributed by atoms with van der Waals surface area (Å²) in [6.07, 6.45) is 4.29. The molecule has 0 amide bonds. The van der Waals surface area contributed by atoms with Crippen molar-refractivity contribution in [2.75, 3.05) is 6.61 Å². The molecule has 0 spiro atoms. The third kappa shape index (κ3) is 2.65. The number of halogens is 1. The monoisotopic (exact) mass is 434 g/mol. The van der Waals surface area contributed by atoms with Crippen LogP contribution in [0.1, 0.15) is 53.4 Å². The number of hydrogen-bond donors (Lipinski definition) is 2. The highest BCUT2D eigenvalue weighted by Gasteiger charge is 2.75. The van der Waals surface area contributed by atoms with Gasteiger partial charge in [0.1, 0.15) is 5.60 Å². The lowest BCUT2D eigenvalue weighted by molar-refractivity contribution is -0.219. The Labute approximate surface area is 181 Å². The van der Waals surface area contributed by atoms with Crippen LogP contribution in [0, 0.1) is 28.6 Å². The number of fused-ring (bicyclic) bond motifs is 5. The molecule has 0 saturated heterocycles. The van der Waals surface area contributed by atoms with Gasteiger partial charge in [-0.3, -0.25) is 14.4 Å². The molecule has 0 unspecified atom stereocenters. The molecule has 2 N–H and O–H groups in total. The van der Waals surface area contributed by atoms with E-state index in [9.17, 15) is 24.6 Å². The molecule has 0 bridgehead atoms. The first-order valence-corrected chi connectivity index (χ1v) is 11.0. The third-order valence-electron chi connectivity index (χ3n) is 9.05. The van der Waals surface area contributed by atoms with Crippen molar-refractivity contribution < 1.29 is 33.7 Å². The van der Waals surface area contributed by atoms with Gasteiger partial charge in [0.05, 0.1) is 6.10 Å². The molecule has 3 fully saturated rings. The van der Waals surface area contributed by atoms with Crippen LogP contribution in [-0.4, -0.2) is 51.7 Å². The quantitative estimate of drug-likeness (QED) is 0.662. The van der Waals surface area contributed by atoms with E-state index in [1.54, 1.807) is 26.8 Å². The van der Waals surface area contributed by atoms with Gasteiger partial charge in [0.2, 0.25) is 5.78 Å². The summed E-state index contributed by atoms with van der Waals surface area (Å²) in [7, 11) is 0. The third-order valence-corrected chi connectivity index (χ3v) is 9.05. The highest BCUT2D eigenvalue weighted by Crippen LogP contribution is 2.70. The summed E-state index contributed by atoms with van der Waals surface area (Å²) in [5.41, 5.74) is -5.33. The molecule has 0 aromatic heterocycles. The van der Waals surface area contributed by atoms with E-state index in [0.29, 0.717) is 24.8 Å². The van der Waals surface area contributed by atoms with Crippen LogP contribution < -0.4 is 0 Å². The van der Waals surface area contributed by atoms with E-state index in [-0.39, 0.29) is 18.1 Å². The maximum absolute atomic E-state index is 17.0. The minimum absolute atomic E-state index is 0.0953. The molecule has 0 aliphatic heterocycles. The van der Waals surface area contributed by atoms with Crippen molar-refractivity contribution in [2.45, 2.75) is 70.8 Å². The lowest BCUT2D eigenvalue weighted by Crippen LogP contribution is -2.69. The molecule has 0 aromatic carbocycles. The molecule has 170 valence electrons. The maximum Gasteiger partial charge on any atom is 0.303 e. The van der Waals surface area contributed by atoms with E-state index in [1.807, 2.05) is 0 Å². The molecule has 0 aromatic rings. The van der Waals surface area contributed by atoms with Crippen LogP contribution in [0.3, 0.4) is 0 Å². The van der Waals surface area contributed by atoms with Gasteiger partial charge in [0, 0.05) is 23.7 Å². The molecule has 31 heavy (non-hydrogen) atoms. The molecule has 0 heterocycles. The lowest BCUT2D eigenvalue weighted by atomic mass is 9.44. The van der Waals surface area contributed by atoms with Crippen LogP contribution in [0.15, 0.2) is 23.8 Å². The number of ketones is 2. The summed E-state index contributed by atoms with van der Waals surface area (Å²) < 4.78 is 21.9. The number of aliphatic hydroxyl groups excluding tert-OH is 1. The smallest absolute Gasteiger partial charge is 0.303 e. The summed E-state index contributed by atoms with van der Waals surface area (Å²) in [6.45, 7) is 5.89. The molecule has 7 heteroatoms. The van der Waals surface area contributed by atoms with Crippen molar-refractivity contribution in [3.05, 3.63) is 23.8 Å². The van der Waals surface area contributed by atoms with Crippen LogP contribution in [0.25, 0.3) is 0 Å². The Morgan fingerprint density at radius 1 is 1.29 bits per heavy atom. The van der Waals surface area contributed by atoms with E-state index < -0.39 is 58.4 Å². The van der Waals surface area contributed by atoms with Crippen molar-refractivity contribution in [2.24, 2.45) is 28.6 Å². The number of hydrogen-bond acceptors (Lipinski definition) is 6. The molecule has 8 atom stereocenters. The van der Waals surface area contributed by atoms with Gasteiger partial charge in [-0.2, -0.15) is 0 Å². The topological polar surface area (TPSA) is 101 Å². The van der Waals surface area contributed by atoms with Crippen LogP contribution in [0.4, 0.5) is 4.39 Å². The van der Waals surface area contributed by atoms with Gasteiger partial charge in [-0.05, 0) is 56.6 Å². The molecule has 6 nitrogen and oxygen atoms in total. The normalized spacial score (nSPS) is 48.4. The predicted octanol–water partition coefficient (Wildman–Crippen LogP) is 2.47. The van der Waals surface area contributed by atoms with Crippen molar-refractivity contribution in [3.8, 4) is 0 Å². The number of carbonyl (C=O) groups excluding carboxylic acids is 3. The Morgan fingerprint density at radius 3 is 2.61 bits per heavy atom. The van der Waals surface area contributed by atoms with Gasteiger partial charge in [-0.1, -0.05) is 25.5 Å². The molecular weight excluding hydrogens is 403 g/mol. The Kier molecular flexibility index (Phi) is 4.91. The molecule has 3 saturated carbocycles. The number of Topliss-reactive ketones (excluding diaryl/α,β-unsaturated/α-hetero) is 1. The molecule has 0 radical (unpaired) electrons. The van der Waals surface area contributed by atoms with Crippen molar-refractivity contribution in [1.29, 1.82) is 0 Å². The number of allylic oxidation sites excluding steroid dienone is 4. The largest absolute Gasteiger partial charge is 0.458 e. The summed E-state index contributed by atoms with van der Waals surface area (Å²) in [4.78, 5) is 36.2. The SMILES string of the molecule is CC(=O)OCC(=O)[C@@]1(O)[C@H](C)C[C@@H]2[C@@H]3CCC4=CC(=O)C=C[C@]4(C)[C@@]3(F)[C@H](O)C[C@@]21C. The number of esters is 1. The average Bonchev–Trinajstić information content (AvgIpc) is 2.89. The van der Waals surface area contributed by atoms with Crippen LogP contribution in [-0.2, 0) is 19.1 Å². The van der Waals surface area contributed by atoms with Crippen molar-refractivity contribution >= 4 is 17.5 Å². The second kappa shape index (κ2) is 6.82. The Bertz CT molecular complexity index is 910. The zero-order chi connectivity index (χ0) is 23.0. The zero-order valence-corrected chi connectivity index (χ0v) is 18.5.